The lowest BCUT2D eigenvalue weighted by Crippen LogP contribution is -2.36. The molecule has 4 heteroatoms. The second-order valence-electron chi connectivity index (χ2n) is 6.33. The molecule has 130 valence electrons. The molecule has 0 spiro atoms. The lowest BCUT2D eigenvalue weighted by molar-refractivity contribution is 0.0977. The van der Waals surface area contributed by atoms with Crippen LogP contribution in [0, 0.1) is 0 Å². The van der Waals surface area contributed by atoms with Crippen LogP contribution in [-0.2, 0) is 0 Å². The van der Waals surface area contributed by atoms with Crippen LogP contribution in [0.5, 0.6) is 5.75 Å². The van der Waals surface area contributed by atoms with Crippen LogP contribution in [-0.4, -0.2) is 13.0 Å². The summed E-state index contributed by atoms with van der Waals surface area (Å²) >= 11 is 6.26. The van der Waals surface area contributed by atoms with Gasteiger partial charge in [0, 0.05) is 16.1 Å². The van der Waals surface area contributed by atoms with Gasteiger partial charge in [0.1, 0.15) is 5.75 Å². The molecule has 0 aromatic heterocycles. The molecule has 0 saturated carbocycles. The SMILES string of the molecule is COc1cccc(C(=O)N2c3cc(Cl)ccc3-c3ccccc3C2C)c1. The average Bonchev–Trinajstić information content (AvgIpc) is 2.68. The zero-order valence-electron chi connectivity index (χ0n) is 14.6. The predicted molar refractivity (Wildman–Crippen MR) is 105 cm³/mol. The Morgan fingerprint density at radius 3 is 2.62 bits per heavy atom. The fraction of sp³-hybridized carbons (Fsp3) is 0.136. The third-order valence-electron chi connectivity index (χ3n) is 4.84. The van der Waals surface area contributed by atoms with Gasteiger partial charge in [0.25, 0.3) is 5.91 Å². The van der Waals surface area contributed by atoms with Crippen molar-refractivity contribution in [2.24, 2.45) is 0 Å². The van der Waals surface area contributed by atoms with Gasteiger partial charge in [-0.1, -0.05) is 48.0 Å². The highest BCUT2D eigenvalue weighted by Crippen LogP contribution is 2.46. The van der Waals surface area contributed by atoms with Gasteiger partial charge in [-0.15, -0.1) is 0 Å². The van der Waals surface area contributed by atoms with Crippen molar-refractivity contribution in [3.05, 3.63) is 82.9 Å². The molecule has 1 unspecified atom stereocenters. The summed E-state index contributed by atoms with van der Waals surface area (Å²) in [4.78, 5) is 15.2. The normalized spacial score (nSPS) is 15.2. The van der Waals surface area contributed by atoms with Gasteiger partial charge in [-0.3, -0.25) is 4.79 Å². The number of benzene rings is 3. The number of hydrogen-bond donors (Lipinski definition) is 0. The van der Waals surface area contributed by atoms with Gasteiger partial charge in [-0.05, 0) is 48.4 Å². The van der Waals surface area contributed by atoms with Crippen molar-refractivity contribution in [3.8, 4) is 16.9 Å². The standard InChI is InChI=1S/C22H18ClNO2/c1-14-18-8-3-4-9-19(18)20-11-10-16(23)13-21(20)24(14)22(25)15-6-5-7-17(12-15)26-2/h3-14H,1-2H3. The van der Waals surface area contributed by atoms with Crippen molar-refractivity contribution in [2.45, 2.75) is 13.0 Å². The highest BCUT2D eigenvalue weighted by molar-refractivity contribution is 6.31. The van der Waals surface area contributed by atoms with E-state index >= 15 is 0 Å². The predicted octanol–water partition coefficient (Wildman–Crippen LogP) is 5.74. The van der Waals surface area contributed by atoms with E-state index in [1.165, 1.54) is 0 Å². The highest BCUT2D eigenvalue weighted by atomic mass is 35.5. The van der Waals surface area contributed by atoms with Crippen molar-refractivity contribution < 1.29 is 9.53 Å². The second-order valence-corrected chi connectivity index (χ2v) is 6.77. The van der Waals surface area contributed by atoms with Gasteiger partial charge < -0.3 is 9.64 Å². The Kier molecular flexibility index (Phi) is 4.17. The number of methoxy groups -OCH3 is 1. The van der Waals surface area contributed by atoms with E-state index in [2.05, 4.69) is 12.1 Å². The Bertz CT molecular complexity index is 999. The average molecular weight is 364 g/mol. The summed E-state index contributed by atoms with van der Waals surface area (Å²) in [5, 5.41) is 0.610. The number of carbonyl (C=O) groups excluding carboxylic acids is 1. The maximum Gasteiger partial charge on any atom is 0.258 e. The Morgan fingerprint density at radius 1 is 1.00 bits per heavy atom. The molecule has 0 fully saturated rings. The van der Waals surface area contributed by atoms with Crippen LogP contribution in [0.15, 0.2) is 66.7 Å². The fourth-order valence-electron chi connectivity index (χ4n) is 3.57. The number of hydrogen-bond acceptors (Lipinski definition) is 2. The van der Waals surface area contributed by atoms with E-state index in [0.717, 1.165) is 22.4 Å². The van der Waals surface area contributed by atoms with E-state index in [-0.39, 0.29) is 11.9 Å². The lowest BCUT2D eigenvalue weighted by Gasteiger charge is -2.37. The van der Waals surface area contributed by atoms with Crippen LogP contribution < -0.4 is 9.64 Å². The molecule has 1 atom stereocenters. The molecule has 1 heterocycles. The second kappa shape index (κ2) is 6.50. The van der Waals surface area contributed by atoms with Gasteiger partial charge in [-0.25, -0.2) is 0 Å². The third-order valence-corrected chi connectivity index (χ3v) is 5.08. The number of amides is 1. The van der Waals surface area contributed by atoms with Crippen molar-refractivity contribution in [1.29, 1.82) is 0 Å². The van der Waals surface area contributed by atoms with Gasteiger partial charge >= 0.3 is 0 Å². The first-order valence-corrected chi connectivity index (χ1v) is 8.84. The van der Waals surface area contributed by atoms with Crippen LogP contribution in [0.3, 0.4) is 0 Å². The molecule has 0 radical (unpaired) electrons. The van der Waals surface area contributed by atoms with E-state index in [9.17, 15) is 4.79 Å². The van der Waals surface area contributed by atoms with E-state index in [1.807, 2.05) is 60.4 Å². The summed E-state index contributed by atoms with van der Waals surface area (Å²) in [6.45, 7) is 2.04. The number of ether oxygens (including phenoxy) is 1. The Labute approximate surface area is 157 Å². The molecular formula is C22H18ClNO2. The quantitative estimate of drug-likeness (QED) is 0.581. The van der Waals surface area contributed by atoms with Crippen LogP contribution >= 0.6 is 11.6 Å². The molecule has 1 aliphatic heterocycles. The minimum Gasteiger partial charge on any atom is -0.497 e. The van der Waals surface area contributed by atoms with E-state index in [0.29, 0.717) is 16.3 Å². The Morgan fingerprint density at radius 2 is 1.81 bits per heavy atom. The largest absolute Gasteiger partial charge is 0.497 e. The number of fused-ring (bicyclic) bond motifs is 3. The van der Waals surface area contributed by atoms with Crippen molar-refractivity contribution in [2.75, 3.05) is 12.0 Å². The molecule has 0 saturated heterocycles. The summed E-state index contributed by atoms with van der Waals surface area (Å²) < 4.78 is 5.27. The smallest absolute Gasteiger partial charge is 0.258 e. The van der Waals surface area contributed by atoms with Gasteiger partial charge in [0.05, 0.1) is 18.8 Å². The molecule has 3 aromatic carbocycles. The molecular weight excluding hydrogens is 346 g/mol. The molecule has 0 N–H and O–H groups in total. The summed E-state index contributed by atoms with van der Waals surface area (Å²) in [5.41, 5.74) is 4.69. The first-order chi connectivity index (χ1) is 12.6. The molecule has 3 aromatic rings. The topological polar surface area (TPSA) is 29.5 Å². The van der Waals surface area contributed by atoms with Gasteiger partial charge in [0.2, 0.25) is 0 Å². The maximum absolute atomic E-state index is 13.4. The number of rotatable bonds is 2. The van der Waals surface area contributed by atoms with E-state index in [4.69, 9.17) is 16.3 Å². The molecule has 3 nitrogen and oxygen atoms in total. The summed E-state index contributed by atoms with van der Waals surface area (Å²) in [7, 11) is 1.60. The molecule has 1 amide bonds. The molecule has 1 aliphatic rings. The van der Waals surface area contributed by atoms with Crippen LogP contribution in [0.4, 0.5) is 5.69 Å². The zero-order valence-corrected chi connectivity index (χ0v) is 15.3. The van der Waals surface area contributed by atoms with Crippen molar-refractivity contribution in [3.63, 3.8) is 0 Å². The minimum absolute atomic E-state index is 0.0746. The third kappa shape index (κ3) is 2.65. The Hall–Kier alpha value is -2.78. The molecule has 0 bridgehead atoms. The minimum atomic E-state index is -0.101. The number of anilines is 1. The molecule has 0 aliphatic carbocycles. The molecule has 26 heavy (non-hydrogen) atoms. The first-order valence-electron chi connectivity index (χ1n) is 8.46. The summed E-state index contributed by atoms with van der Waals surface area (Å²) in [6, 6.07) is 21.0. The van der Waals surface area contributed by atoms with E-state index < -0.39 is 0 Å². The number of nitrogens with zero attached hydrogens (tertiary/aromatic N) is 1. The summed E-state index contributed by atoms with van der Waals surface area (Å²) in [5.74, 6) is 0.585. The van der Waals surface area contributed by atoms with E-state index in [1.54, 1.807) is 13.2 Å². The number of carbonyl (C=O) groups is 1. The van der Waals surface area contributed by atoms with Crippen LogP contribution in [0.1, 0.15) is 28.9 Å². The zero-order chi connectivity index (χ0) is 18.3. The fourth-order valence-corrected chi connectivity index (χ4v) is 3.73. The maximum atomic E-state index is 13.4. The van der Waals surface area contributed by atoms with Gasteiger partial charge in [-0.2, -0.15) is 0 Å². The van der Waals surface area contributed by atoms with Crippen LogP contribution in [0.2, 0.25) is 5.02 Å². The monoisotopic (exact) mass is 363 g/mol. The summed E-state index contributed by atoms with van der Waals surface area (Å²) in [6.07, 6.45) is 0. The lowest BCUT2D eigenvalue weighted by atomic mass is 9.88. The number of halogens is 1. The van der Waals surface area contributed by atoms with Crippen molar-refractivity contribution >= 4 is 23.2 Å². The van der Waals surface area contributed by atoms with Gasteiger partial charge in [0.15, 0.2) is 0 Å². The van der Waals surface area contributed by atoms with Crippen LogP contribution in [0.25, 0.3) is 11.1 Å². The molecule has 4 rings (SSSR count). The first kappa shape index (κ1) is 16.7. The highest BCUT2D eigenvalue weighted by Gasteiger charge is 2.32. The Balaban J connectivity index is 1.89. The van der Waals surface area contributed by atoms with Crippen molar-refractivity contribution in [1.82, 2.24) is 0 Å².